The number of pyridine rings is 1. The number of rotatable bonds is 6. The number of anilines is 1. The Morgan fingerprint density at radius 1 is 1.44 bits per heavy atom. The molecule has 0 fully saturated rings. The van der Waals surface area contributed by atoms with Crippen LogP contribution < -0.4 is 16.0 Å². The second-order valence-corrected chi connectivity index (χ2v) is 6.34. The van der Waals surface area contributed by atoms with Gasteiger partial charge in [0.2, 0.25) is 0 Å². The number of nitrogens with one attached hydrogen (secondary N) is 2. The molecule has 0 aromatic carbocycles. The Kier molecular flexibility index (Phi) is 4.66. The van der Waals surface area contributed by atoms with E-state index in [0.717, 1.165) is 12.8 Å². The first-order chi connectivity index (χ1) is 8.32. The van der Waals surface area contributed by atoms with Crippen molar-refractivity contribution < 1.29 is 8.42 Å². The van der Waals surface area contributed by atoms with Crippen LogP contribution in [0.2, 0.25) is 0 Å². The predicted octanol–water partition coefficient (Wildman–Crippen LogP) is 1.22. The summed E-state index contributed by atoms with van der Waals surface area (Å²) in [6.45, 7) is 5.68. The third-order valence-electron chi connectivity index (χ3n) is 2.47. The molecule has 0 bridgehead atoms. The van der Waals surface area contributed by atoms with Crippen molar-refractivity contribution in [3.63, 3.8) is 0 Å². The normalized spacial score (nSPS) is 12.4. The van der Waals surface area contributed by atoms with Gasteiger partial charge in [0.05, 0.1) is 5.69 Å². The molecule has 102 valence electrons. The molecule has 1 rings (SSSR count). The van der Waals surface area contributed by atoms with Gasteiger partial charge in [0.15, 0.2) is 5.03 Å². The molecular formula is C11H20N4O2S. The standard InChI is InChI=1S/C11H20N4O2S/c1-4-7-11(2,3)15-18(16,17)10-9(14-12)6-5-8-13-10/h5-6,8,14-15H,4,7,12H2,1-3H3. The van der Waals surface area contributed by atoms with Crippen LogP contribution in [0.5, 0.6) is 0 Å². The first kappa shape index (κ1) is 14.9. The minimum absolute atomic E-state index is 0.0864. The van der Waals surface area contributed by atoms with Crippen LogP contribution in [0.25, 0.3) is 0 Å². The van der Waals surface area contributed by atoms with Gasteiger partial charge < -0.3 is 5.43 Å². The highest BCUT2D eigenvalue weighted by Crippen LogP contribution is 2.20. The Hall–Kier alpha value is -1.18. The number of aromatic nitrogens is 1. The van der Waals surface area contributed by atoms with Crippen molar-refractivity contribution in [2.45, 2.75) is 44.2 Å². The lowest BCUT2D eigenvalue weighted by Crippen LogP contribution is -2.43. The van der Waals surface area contributed by atoms with Crippen LogP contribution in [0.15, 0.2) is 23.4 Å². The molecule has 7 heteroatoms. The van der Waals surface area contributed by atoms with Crippen LogP contribution in [0.3, 0.4) is 0 Å². The summed E-state index contributed by atoms with van der Waals surface area (Å²) in [4.78, 5) is 3.87. The van der Waals surface area contributed by atoms with Gasteiger partial charge in [-0.05, 0) is 32.4 Å². The lowest BCUT2D eigenvalue weighted by molar-refractivity contribution is 0.417. The molecule has 4 N–H and O–H groups in total. The van der Waals surface area contributed by atoms with E-state index in [9.17, 15) is 8.42 Å². The van der Waals surface area contributed by atoms with Gasteiger partial charge in [-0.15, -0.1) is 0 Å². The quantitative estimate of drug-likeness (QED) is 0.534. The lowest BCUT2D eigenvalue weighted by Gasteiger charge is -2.25. The smallest absolute Gasteiger partial charge is 0.260 e. The number of hydrogen-bond acceptors (Lipinski definition) is 5. The number of nitrogens with two attached hydrogens (primary N) is 1. The number of nitrogen functional groups attached to an aromatic ring is 1. The summed E-state index contributed by atoms with van der Waals surface area (Å²) in [5, 5.41) is -0.0864. The average Bonchev–Trinajstić information content (AvgIpc) is 2.27. The van der Waals surface area contributed by atoms with Gasteiger partial charge in [0.1, 0.15) is 0 Å². The zero-order chi connectivity index (χ0) is 13.8. The second kappa shape index (κ2) is 5.64. The van der Waals surface area contributed by atoms with E-state index in [-0.39, 0.29) is 10.7 Å². The Balaban J connectivity index is 3.07. The molecule has 1 aromatic heterocycles. The van der Waals surface area contributed by atoms with Crippen molar-refractivity contribution >= 4 is 15.7 Å². The van der Waals surface area contributed by atoms with Gasteiger partial charge in [-0.25, -0.2) is 18.1 Å². The molecule has 0 aliphatic carbocycles. The molecule has 0 unspecified atom stereocenters. The summed E-state index contributed by atoms with van der Waals surface area (Å²) in [5.41, 5.74) is 2.10. The zero-order valence-electron chi connectivity index (χ0n) is 10.9. The summed E-state index contributed by atoms with van der Waals surface area (Å²) >= 11 is 0. The summed E-state index contributed by atoms with van der Waals surface area (Å²) < 4.78 is 27.1. The maximum Gasteiger partial charge on any atom is 0.260 e. The van der Waals surface area contributed by atoms with Crippen LogP contribution in [0.4, 0.5) is 5.69 Å². The summed E-state index contributed by atoms with van der Waals surface area (Å²) in [6.07, 6.45) is 3.05. The molecule has 1 heterocycles. The van der Waals surface area contributed by atoms with E-state index in [4.69, 9.17) is 5.84 Å². The van der Waals surface area contributed by atoms with E-state index in [0.29, 0.717) is 0 Å². The molecule has 0 amide bonds. The second-order valence-electron chi connectivity index (χ2n) is 4.74. The zero-order valence-corrected chi connectivity index (χ0v) is 11.7. The first-order valence-electron chi connectivity index (χ1n) is 5.78. The molecule has 0 saturated carbocycles. The van der Waals surface area contributed by atoms with Gasteiger partial charge in [-0.2, -0.15) is 0 Å². The Bertz CT molecular complexity index is 500. The summed E-state index contributed by atoms with van der Waals surface area (Å²) in [7, 11) is -3.69. The minimum Gasteiger partial charge on any atom is -0.321 e. The van der Waals surface area contributed by atoms with Crippen LogP contribution in [-0.2, 0) is 10.0 Å². The predicted molar refractivity (Wildman–Crippen MR) is 71.4 cm³/mol. The van der Waals surface area contributed by atoms with Crippen molar-refractivity contribution in [2.75, 3.05) is 5.43 Å². The maximum absolute atomic E-state index is 12.2. The van der Waals surface area contributed by atoms with Crippen molar-refractivity contribution in [3.05, 3.63) is 18.3 Å². The van der Waals surface area contributed by atoms with Gasteiger partial charge >= 0.3 is 0 Å². The fourth-order valence-electron chi connectivity index (χ4n) is 1.80. The highest BCUT2D eigenvalue weighted by molar-refractivity contribution is 7.89. The monoisotopic (exact) mass is 272 g/mol. The average molecular weight is 272 g/mol. The Morgan fingerprint density at radius 2 is 2.11 bits per heavy atom. The van der Waals surface area contributed by atoms with Crippen LogP contribution in [0.1, 0.15) is 33.6 Å². The highest BCUT2D eigenvalue weighted by atomic mass is 32.2. The van der Waals surface area contributed by atoms with Gasteiger partial charge in [-0.1, -0.05) is 13.3 Å². The van der Waals surface area contributed by atoms with E-state index in [1.54, 1.807) is 12.1 Å². The molecule has 0 atom stereocenters. The lowest BCUT2D eigenvalue weighted by atomic mass is 10.0. The van der Waals surface area contributed by atoms with Crippen molar-refractivity contribution in [1.29, 1.82) is 0 Å². The molecule has 0 aliphatic rings. The molecule has 1 aromatic rings. The topological polar surface area (TPSA) is 97.1 Å². The number of hydrogen-bond donors (Lipinski definition) is 3. The molecule has 0 aliphatic heterocycles. The SMILES string of the molecule is CCCC(C)(C)NS(=O)(=O)c1ncccc1NN. The summed E-state index contributed by atoms with van der Waals surface area (Å²) in [6, 6.07) is 3.18. The van der Waals surface area contributed by atoms with Gasteiger partial charge in [0.25, 0.3) is 10.0 Å². The van der Waals surface area contributed by atoms with E-state index >= 15 is 0 Å². The minimum atomic E-state index is -3.69. The van der Waals surface area contributed by atoms with E-state index in [1.165, 1.54) is 6.20 Å². The number of nitrogens with zero attached hydrogens (tertiary/aromatic N) is 1. The fourth-order valence-corrected chi connectivity index (χ4v) is 3.35. The first-order valence-corrected chi connectivity index (χ1v) is 7.26. The number of hydrazine groups is 1. The van der Waals surface area contributed by atoms with Gasteiger partial charge in [0, 0.05) is 11.7 Å². The van der Waals surface area contributed by atoms with E-state index < -0.39 is 15.6 Å². The highest BCUT2D eigenvalue weighted by Gasteiger charge is 2.28. The fraction of sp³-hybridized carbons (Fsp3) is 0.545. The van der Waals surface area contributed by atoms with Crippen LogP contribution in [-0.4, -0.2) is 18.9 Å². The molecule has 0 saturated heterocycles. The molecule has 6 nitrogen and oxygen atoms in total. The largest absolute Gasteiger partial charge is 0.321 e. The van der Waals surface area contributed by atoms with Crippen LogP contribution >= 0.6 is 0 Å². The van der Waals surface area contributed by atoms with E-state index in [1.807, 2.05) is 20.8 Å². The van der Waals surface area contributed by atoms with E-state index in [2.05, 4.69) is 15.1 Å². The number of sulfonamides is 1. The van der Waals surface area contributed by atoms with Crippen molar-refractivity contribution in [1.82, 2.24) is 9.71 Å². The molecule has 0 radical (unpaired) electrons. The third kappa shape index (κ3) is 3.66. The van der Waals surface area contributed by atoms with Crippen LogP contribution in [0, 0.1) is 0 Å². The van der Waals surface area contributed by atoms with Crippen molar-refractivity contribution in [2.24, 2.45) is 5.84 Å². The molecule has 18 heavy (non-hydrogen) atoms. The Labute approximate surface area is 108 Å². The Morgan fingerprint density at radius 3 is 2.67 bits per heavy atom. The molecule has 0 spiro atoms. The third-order valence-corrected chi connectivity index (χ3v) is 4.12. The summed E-state index contributed by atoms with van der Waals surface area (Å²) in [5.74, 6) is 5.29. The maximum atomic E-state index is 12.2. The van der Waals surface area contributed by atoms with Gasteiger partial charge in [-0.3, -0.25) is 5.84 Å². The van der Waals surface area contributed by atoms with Crippen molar-refractivity contribution in [3.8, 4) is 0 Å². The molecular weight excluding hydrogens is 252 g/mol.